The van der Waals surface area contributed by atoms with Gasteiger partial charge in [0.05, 0.1) is 5.75 Å². The van der Waals surface area contributed by atoms with E-state index in [4.69, 9.17) is 0 Å². The smallest absolute Gasteiger partial charge is 0.253 e. The first-order chi connectivity index (χ1) is 12.6. The summed E-state index contributed by atoms with van der Waals surface area (Å²) in [6.07, 6.45) is 4.01. The van der Waals surface area contributed by atoms with Crippen LogP contribution in [0.15, 0.2) is 35.7 Å². The Morgan fingerprint density at radius 2 is 2.08 bits per heavy atom. The third kappa shape index (κ3) is 4.43. The molecular formula is C18H23N5O2S. The van der Waals surface area contributed by atoms with Crippen LogP contribution in [-0.2, 0) is 4.79 Å². The van der Waals surface area contributed by atoms with Crippen LogP contribution in [0.3, 0.4) is 0 Å². The molecule has 1 fully saturated rings. The molecule has 3 rings (SSSR count). The maximum Gasteiger partial charge on any atom is 0.253 e. The molecule has 1 aliphatic rings. The quantitative estimate of drug-likeness (QED) is 0.720. The van der Waals surface area contributed by atoms with Crippen molar-refractivity contribution >= 4 is 29.3 Å². The Labute approximate surface area is 157 Å². The number of hydrogen-bond donors (Lipinski definition) is 1. The molecule has 0 radical (unpaired) electrons. The summed E-state index contributed by atoms with van der Waals surface area (Å²) in [5.41, 5.74) is 1.20. The third-order valence-electron chi connectivity index (χ3n) is 4.26. The summed E-state index contributed by atoms with van der Waals surface area (Å²) in [4.78, 5) is 26.4. The van der Waals surface area contributed by atoms with Crippen molar-refractivity contribution in [3.8, 4) is 0 Å². The van der Waals surface area contributed by atoms with E-state index < -0.39 is 0 Å². The lowest BCUT2D eigenvalue weighted by molar-refractivity contribution is -0.113. The van der Waals surface area contributed by atoms with Crippen LogP contribution in [-0.4, -0.2) is 50.3 Å². The minimum absolute atomic E-state index is 0.0296. The van der Waals surface area contributed by atoms with Crippen LogP contribution in [0.2, 0.25) is 0 Å². The lowest BCUT2D eigenvalue weighted by Crippen LogP contribution is -2.30. The van der Waals surface area contributed by atoms with Crippen LogP contribution in [0.1, 0.15) is 43.1 Å². The Morgan fingerprint density at radius 1 is 1.31 bits per heavy atom. The van der Waals surface area contributed by atoms with Gasteiger partial charge in [-0.1, -0.05) is 17.8 Å². The number of nitrogens with zero attached hydrogens (tertiary/aromatic N) is 4. The summed E-state index contributed by atoms with van der Waals surface area (Å²) in [6.45, 7) is 5.21. The van der Waals surface area contributed by atoms with E-state index in [-0.39, 0.29) is 17.6 Å². The molecule has 0 unspecified atom stereocenters. The van der Waals surface area contributed by atoms with Crippen LogP contribution in [0.25, 0.3) is 0 Å². The Balaban J connectivity index is 1.58. The van der Waals surface area contributed by atoms with Crippen molar-refractivity contribution in [3.05, 3.63) is 36.2 Å². The molecule has 1 aromatic heterocycles. The van der Waals surface area contributed by atoms with E-state index in [1.165, 1.54) is 11.8 Å². The van der Waals surface area contributed by atoms with E-state index in [9.17, 15) is 9.59 Å². The summed E-state index contributed by atoms with van der Waals surface area (Å²) in [5, 5.41) is 11.6. The number of nitrogens with one attached hydrogen (secondary N) is 1. The standard InChI is InChI=1S/C18H23N5O2S/c1-3-22(4-2)17(25)13-6-5-7-14(10-13)20-16(24)11-26-18-21-19-12-23(18)15-8-9-15/h5-7,10,12,15H,3-4,8-9,11H2,1-2H3,(H,20,24). The van der Waals surface area contributed by atoms with E-state index in [1.807, 2.05) is 18.4 Å². The van der Waals surface area contributed by atoms with Crippen LogP contribution < -0.4 is 5.32 Å². The van der Waals surface area contributed by atoms with Crippen molar-refractivity contribution in [2.45, 2.75) is 37.9 Å². The highest BCUT2D eigenvalue weighted by atomic mass is 32.2. The van der Waals surface area contributed by atoms with Gasteiger partial charge in [0.25, 0.3) is 5.91 Å². The molecule has 138 valence electrons. The molecule has 0 aliphatic heterocycles. The average Bonchev–Trinajstić information content (AvgIpc) is 3.39. The highest BCUT2D eigenvalue weighted by Gasteiger charge is 2.26. The number of anilines is 1. The van der Waals surface area contributed by atoms with Crippen molar-refractivity contribution in [1.29, 1.82) is 0 Å². The van der Waals surface area contributed by atoms with Crippen molar-refractivity contribution in [3.63, 3.8) is 0 Å². The van der Waals surface area contributed by atoms with Gasteiger partial charge in [0.2, 0.25) is 5.91 Å². The minimum Gasteiger partial charge on any atom is -0.339 e. The highest BCUT2D eigenvalue weighted by Crippen LogP contribution is 2.37. The van der Waals surface area contributed by atoms with Gasteiger partial charge in [0.1, 0.15) is 6.33 Å². The molecule has 1 N–H and O–H groups in total. The molecule has 1 heterocycles. The van der Waals surface area contributed by atoms with Crippen LogP contribution in [0.5, 0.6) is 0 Å². The maximum absolute atomic E-state index is 12.4. The molecular weight excluding hydrogens is 350 g/mol. The summed E-state index contributed by atoms with van der Waals surface area (Å²) in [5.74, 6) is 0.0883. The minimum atomic E-state index is -0.132. The molecule has 0 spiro atoms. The van der Waals surface area contributed by atoms with E-state index in [1.54, 1.807) is 35.5 Å². The monoisotopic (exact) mass is 373 g/mol. The van der Waals surface area contributed by atoms with Gasteiger partial charge in [0, 0.05) is 30.4 Å². The zero-order valence-electron chi connectivity index (χ0n) is 15.0. The Hall–Kier alpha value is -2.35. The van der Waals surface area contributed by atoms with Gasteiger partial charge in [0.15, 0.2) is 5.16 Å². The summed E-state index contributed by atoms with van der Waals surface area (Å²) >= 11 is 1.37. The molecule has 1 aliphatic carbocycles. The molecule has 0 bridgehead atoms. The van der Waals surface area contributed by atoms with Crippen LogP contribution >= 0.6 is 11.8 Å². The largest absolute Gasteiger partial charge is 0.339 e. The van der Waals surface area contributed by atoms with Gasteiger partial charge in [-0.2, -0.15) is 0 Å². The number of hydrogen-bond acceptors (Lipinski definition) is 5. The summed E-state index contributed by atoms with van der Waals surface area (Å²) in [6, 6.07) is 7.54. The van der Waals surface area contributed by atoms with E-state index >= 15 is 0 Å². The molecule has 2 amide bonds. The normalized spacial score (nSPS) is 13.5. The van der Waals surface area contributed by atoms with Crippen molar-refractivity contribution < 1.29 is 9.59 Å². The van der Waals surface area contributed by atoms with E-state index in [2.05, 4.69) is 15.5 Å². The number of amides is 2. The summed E-state index contributed by atoms with van der Waals surface area (Å²) in [7, 11) is 0. The number of aromatic nitrogens is 3. The number of thioether (sulfide) groups is 1. The zero-order valence-corrected chi connectivity index (χ0v) is 15.8. The molecule has 1 aromatic carbocycles. The third-order valence-corrected chi connectivity index (χ3v) is 5.21. The first kappa shape index (κ1) is 18.4. The second-order valence-corrected chi connectivity index (χ2v) is 7.09. The highest BCUT2D eigenvalue weighted by molar-refractivity contribution is 7.99. The van der Waals surface area contributed by atoms with Gasteiger partial charge in [-0.3, -0.25) is 9.59 Å². The topological polar surface area (TPSA) is 80.1 Å². The van der Waals surface area contributed by atoms with Gasteiger partial charge in [-0.05, 0) is 44.9 Å². The van der Waals surface area contributed by atoms with Crippen LogP contribution in [0.4, 0.5) is 5.69 Å². The van der Waals surface area contributed by atoms with E-state index in [0.29, 0.717) is 30.4 Å². The van der Waals surface area contributed by atoms with Crippen molar-refractivity contribution in [2.24, 2.45) is 0 Å². The van der Waals surface area contributed by atoms with E-state index in [0.717, 1.165) is 18.0 Å². The van der Waals surface area contributed by atoms with Gasteiger partial charge >= 0.3 is 0 Å². The second kappa shape index (κ2) is 8.35. The number of carbonyl (C=O) groups excluding carboxylic acids is 2. The van der Waals surface area contributed by atoms with Gasteiger partial charge in [-0.25, -0.2) is 0 Å². The predicted octanol–water partition coefficient (Wildman–Crippen LogP) is 2.83. The fraction of sp³-hybridized carbons (Fsp3) is 0.444. The average molecular weight is 373 g/mol. The lowest BCUT2D eigenvalue weighted by Gasteiger charge is -2.19. The summed E-state index contributed by atoms with van der Waals surface area (Å²) < 4.78 is 2.03. The number of benzene rings is 1. The van der Waals surface area contributed by atoms with Gasteiger partial charge in [-0.15, -0.1) is 10.2 Å². The van der Waals surface area contributed by atoms with Gasteiger partial charge < -0.3 is 14.8 Å². The lowest BCUT2D eigenvalue weighted by atomic mass is 10.1. The van der Waals surface area contributed by atoms with Crippen molar-refractivity contribution in [1.82, 2.24) is 19.7 Å². The molecule has 0 saturated heterocycles. The fourth-order valence-corrected chi connectivity index (χ4v) is 3.47. The second-order valence-electron chi connectivity index (χ2n) is 6.15. The first-order valence-corrected chi connectivity index (χ1v) is 9.82. The Bertz CT molecular complexity index is 783. The van der Waals surface area contributed by atoms with Crippen LogP contribution in [0, 0.1) is 0 Å². The van der Waals surface area contributed by atoms with Crippen molar-refractivity contribution in [2.75, 3.05) is 24.2 Å². The SMILES string of the molecule is CCN(CC)C(=O)c1cccc(NC(=O)CSc2nncn2C2CC2)c1. The Morgan fingerprint density at radius 3 is 2.77 bits per heavy atom. The number of rotatable bonds is 8. The molecule has 1 saturated carbocycles. The molecule has 0 atom stereocenters. The predicted molar refractivity (Wildman–Crippen MR) is 101 cm³/mol. The molecule has 7 nitrogen and oxygen atoms in total. The maximum atomic E-state index is 12.4. The number of carbonyl (C=O) groups is 2. The molecule has 26 heavy (non-hydrogen) atoms. The first-order valence-electron chi connectivity index (χ1n) is 8.83. The molecule has 2 aromatic rings. The fourth-order valence-electron chi connectivity index (χ4n) is 2.69. The molecule has 8 heteroatoms. The Kier molecular flexibility index (Phi) is 5.92. The zero-order chi connectivity index (χ0) is 18.5.